The van der Waals surface area contributed by atoms with E-state index in [1.165, 1.54) is 14.0 Å². The molecule has 0 fully saturated rings. The van der Waals surface area contributed by atoms with Crippen molar-refractivity contribution < 1.29 is 41.7 Å². The molecular weight excluding hydrogens is 926 g/mol. The number of methoxy groups -OCH3 is 1. The molecule has 1 unspecified atom stereocenters. The fourth-order valence-corrected chi connectivity index (χ4v) is 10.9. The number of hydrogen-bond acceptors (Lipinski definition) is 12. The Labute approximate surface area is 395 Å². The fourth-order valence-electron chi connectivity index (χ4n) is 7.69. The molecule has 2 aliphatic heterocycles. The summed E-state index contributed by atoms with van der Waals surface area (Å²) in [5, 5.41) is 15.2. The van der Waals surface area contributed by atoms with Gasteiger partial charge in [0.05, 0.1) is 28.8 Å². The number of amides is 2. The molecule has 0 spiro atoms. The van der Waals surface area contributed by atoms with Crippen LogP contribution in [0.3, 0.4) is 0 Å². The minimum absolute atomic E-state index is 0.0434. The Morgan fingerprint density at radius 1 is 0.924 bits per heavy atom. The Balaban J connectivity index is 1.04. The van der Waals surface area contributed by atoms with Crippen LogP contribution in [0.4, 0.5) is 5.13 Å². The van der Waals surface area contributed by atoms with Gasteiger partial charge < -0.3 is 29.6 Å². The number of sulfonamides is 1. The van der Waals surface area contributed by atoms with Crippen molar-refractivity contribution in [1.29, 1.82) is 5.26 Å². The van der Waals surface area contributed by atoms with Crippen LogP contribution < -0.4 is 24.8 Å². The first kappa shape index (κ1) is 46.1. The Morgan fingerprint density at radius 3 is 2.27 bits per heavy atom. The first-order valence-electron chi connectivity index (χ1n) is 20.6. The lowest BCUT2D eigenvalue weighted by Crippen LogP contribution is -2.56. The molecule has 2 aliphatic rings. The number of ether oxygens (including phenoxy) is 4. The lowest BCUT2D eigenvalue weighted by atomic mass is 9.93. The Kier molecular flexibility index (Phi) is 13.6. The van der Waals surface area contributed by atoms with Crippen LogP contribution in [0.1, 0.15) is 51.3 Å². The second-order valence-electron chi connectivity index (χ2n) is 15.6. The average Bonchev–Trinajstić information content (AvgIpc) is 3.70. The summed E-state index contributed by atoms with van der Waals surface area (Å²) in [5.41, 5.74) is 5.91. The van der Waals surface area contributed by atoms with Crippen molar-refractivity contribution in [3.05, 3.63) is 151 Å². The van der Waals surface area contributed by atoms with E-state index in [-0.39, 0.29) is 42.8 Å². The third kappa shape index (κ3) is 10.2. The molecular formula is C48H41Cl2N5O9S2. The van der Waals surface area contributed by atoms with Gasteiger partial charge in [-0.15, -0.1) is 11.3 Å². The third-order valence-corrected chi connectivity index (χ3v) is 14.7. The number of halogens is 2. The van der Waals surface area contributed by atoms with E-state index < -0.39 is 46.0 Å². The molecule has 0 saturated heterocycles. The second kappa shape index (κ2) is 19.5. The van der Waals surface area contributed by atoms with Crippen molar-refractivity contribution in [1.82, 2.24) is 14.6 Å². The maximum atomic E-state index is 14.7. The number of aromatic nitrogens is 1. The molecule has 2 N–H and O–H groups in total. The van der Waals surface area contributed by atoms with E-state index in [0.29, 0.717) is 54.4 Å². The number of thiazole rings is 1. The molecule has 1 aromatic heterocycles. The average molecular weight is 967 g/mol. The highest BCUT2D eigenvalue weighted by atomic mass is 35.5. The van der Waals surface area contributed by atoms with Crippen molar-refractivity contribution >= 4 is 67.5 Å². The summed E-state index contributed by atoms with van der Waals surface area (Å²) >= 11 is 13.2. The van der Waals surface area contributed by atoms with Crippen LogP contribution in [0.25, 0.3) is 11.1 Å². The lowest BCUT2D eigenvalue weighted by molar-refractivity contribution is -0.145. The normalized spacial score (nSPS) is 16.0. The topological polar surface area (TPSA) is 186 Å². The highest BCUT2D eigenvalue weighted by Gasteiger charge is 2.43. The number of carbonyl (C=O) groups excluding carboxylic acids is 3. The quantitative estimate of drug-likeness (QED) is 0.106. The predicted molar refractivity (Wildman–Crippen MR) is 248 cm³/mol. The van der Waals surface area contributed by atoms with Gasteiger partial charge in [0.1, 0.15) is 31.0 Å². The van der Waals surface area contributed by atoms with Gasteiger partial charge in [-0.2, -0.15) is 9.57 Å². The SMILES string of the molecule is COC(=O)C(Cc1ccc(-c2ccc(C#N)cc2)cc1)NC(=O)[C@@H]1Cc2cc3c(cc2CN1S(=O)(=O)c1nc(NC(C)=O)sc1C)O[C@@H](c1ccc(OCc2ccc(Cl)c(Cl)c2)cc1)CO3. The number of carbonyl (C=O) groups is 3. The Morgan fingerprint density at radius 2 is 1.61 bits per heavy atom. The van der Waals surface area contributed by atoms with Gasteiger partial charge in [0.25, 0.3) is 10.0 Å². The van der Waals surface area contributed by atoms with Gasteiger partial charge in [-0.3, -0.25) is 9.59 Å². The molecule has 2 amide bonds. The largest absolute Gasteiger partial charge is 0.489 e. The van der Waals surface area contributed by atoms with Gasteiger partial charge in [-0.1, -0.05) is 77.8 Å². The maximum Gasteiger partial charge on any atom is 0.328 e. The number of nitrogens with zero attached hydrogens (tertiary/aromatic N) is 3. The van der Waals surface area contributed by atoms with E-state index in [1.807, 2.05) is 66.7 Å². The van der Waals surface area contributed by atoms with Gasteiger partial charge in [0.2, 0.25) is 11.8 Å². The van der Waals surface area contributed by atoms with Crippen molar-refractivity contribution in [3.8, 4) is 34.4 Å². The summed E-state index contributed by atoms with van der Waals surface area (Å²) in [6.07, 6.45) is -0.547. The lowest BCUT2D eigenvalue weighted by Gasteiger charge is -2.36. The van der Waals surface area contributed by atoms with Gasteiger partial charge in [0, 0.05) is 24.8 Å². The van der Waals surface area contributed by atoms with E-state index in [0.717, 1.165) is 37.9 Å². The number of hydrogen-bond donors (Lipinski definition) is 2. The molecule has 3 heterocycles. The van der Waals surface area contributed by atoms with Crippen molar-refractivity contribution in [2.75, 3.05) is 19.0 Å². The summed E-state index contributed by atoms with van der Waals surface area (Å²) in [4.78, 5) is 44.2. The maximum absolute atomic E-state index is 14.7. The molecule has 0 saturated carbocycles. The fraction of sp³-hybridized carbons (Fsp3) is 0.229. The van der Waals surface area contributed by atoms with Gasteiger partial charge in [-0.05, 0) is 101 Å². The zero-order valence-corrected chi connectivity index (χ0v) is 38.8. The van der Waals surface area contributed by atoms with E-state index in [2.05, 4.69) is 21.7 Å². The van der Waals surface area contributed by atoms with Crippen molar-refractivity contribution in [3.63, 3.8) is 0 Å². The monoisotopic (exact) mass is 965 g/mol. The summed E-state index contributed by atoms with van der Waals surface area (Å²) in [6, 6.07) is 30.3. The van der Waals surface area contributed by atoms with E-state index in [4.69, 9.17) is 47.4 Å². The first-order valence-corrected chi connectivity index (χ1v) is 23.6. The van der Waals surface area contributed by atoms with Crippen molar-refractivity contribution in [2.24, 2.45) is 0 Å². The Hall–Kier alpha value is -6.48. The molecule has 0 radical (unpaired) electrons. The van der Waals surface area contributed by atoms with Crippen LogP contribution in [-0.4, -0.2) is 61.3 Å². The van der Waals surface area contributed by atoms with Crippen LogP contribution in [0.5, 0.6) is 17.2 Å². The van der Waals surface area contributed by atoms with Crippen LogP contribution in [-0.2, 0) is 55.1 Å². The van der Waals surface area contributed by atoms with Gasteiger partial charge in [0.15, 0.2) is 27.8 Å². The van der Waals surface area contributed by atoms with Crippen LogP contribution in [0, 0.1) is 18.3 Å². The highest BCUT2D eigenvalue weighted by molar-refractivity contribution is 7.89. The standard InChI is InChI=1S/C48H41Cl2N5O9S2/c1-27-46(54-48(65-27)52-28(2)56)66(59,60)55-24-36-22-43-42(63-26-44(64-43)34-13-15-37(16-14-34)62-25-31-8-17-38(49)39(50)18-31)21-35(36)20-41(55)45(57)53-40(47(58)61-3)19-29-4-9-32(10-5-29)33-11-6-30(23-51)7-12-33/h4-18,21-22,40-41,44H,19-20,24-26H2,1-3H3,(H,53,57)(H,52,54,56)/t40?,41-,44+/m0/s1. The minimum atomic E-state index is -4.52. The van der Waals surface area contributed by atoms with Crippen molar-refractivity contribution in [2.45, 2.75) is 63.1 Å². The summed E-state index contributed by atoms with van der Waals surface area (Å²) in [7, 11) is -3.31. The molecule has 338 valence electrons. The summed E-state index contributed by atoms with van der Waals surface area (Å²) in [5.74, 6) is -0.441. The number of rotatable bonds is 13. The van der Waals surface area contributed by atoms with Crippen LogP contribution in [0.15, 0.2) is 108 Å². The molecule has 6 aromatic rings. The highest BCUT2D eigenvalue weighted by Crippen LogP contribution is 2.42. The molecule has 0 aliphatic carbocycles. The first-order chi connectivity index (χ1) is 31.7. The van der Waals surface area contributed by atoms with Crippen LogP contribution >= 0.6 is 34.5 Å². The van der Waals surface area contributed by atoms with Gasteiger partial charge >= 0.3 is 5.97 Å². The molecule has 8 rings (SSSR count). The van der Waals surface area contributed by atoms with E-state index in [1.54, 1.807) is 43.3 Å². The number of aryl methyl sites for hydroxylation is 1. The third-order valence-electron chi connectivity index (χ3n) is 11.1. The molecule has 5 aromatic carbocycles. The number of fused-ring (bicyclic) bond motifs is 2. The molecule has 18 heteroatoms. The Bertz CT molecular complexity index is 2980. The second-order valence-corrected chi connectivity index (χ2v) is 19.4. The summed E-state index contributed by atoms with van der Waals surface area (Å²) < 4.78 is 54.2. The number of nitriles is 1. The molecule has 66 heavy (non-hydrogen) atoms. The molecule has 0 bridgehead atoms. The number of nitrogens with one attached hydrogen (secondary N) is 2. The number of esters is 1. The predicted octanol–water partition coefficient (Wildman–Crippen LogP) is 8.36. The zero-order valence-electron chi connectivity index (χ0n) is 35.7. The smallest absolute Gasteiger partial charge is 0.328 e. The minimum Gasteiger partial charge on any atom is -0.489 e. The number of benzene rings is 5. The van der Waals surface area contributed by atoms with E-state index in [9.17, 15) is 22.8 Å². The van der Waals surface area contributed by atoms with Crippen LogP contribution in [0.2, 0.25) is 10.0 Å². The molecule has 3 atom stereocenters. The molecule has 14 nitrogen and oxygen atoms in total. The number of anilines is 1. The zero-order chi connectivity index (χ0) is 46.7. The van der Waals surface area contributed by atoms with E-state index >= 15 is 0 Å². The summed E-state index contributed by atoms with van der Waals surface area (Å²) in [6.45, 7) is 3.06. The van der Waals surface area contributed by atoms with Gasteiger partial charge in [-0.25, -0.2) is 18.2 Å².